The van der Waals surface area contributed by atoms with Crippen molar-refractivity contribution < 1.29 is 0 Å². The second-order valence-corrected chi connectivity index (χ2v) is 10.4. The molecule has 1 heterocycles. The molecule has 0 aliphatic rings. The summed E-state index contributed by atoms with van der Waals surface area (Å²) >= 11 is 0. The Morgan fingerprint density at radius 1 is 0.390 bits per heavy atom. The van der Waals surface area contributed by atoms with Crippen molar-refractivity contribution >= 4 is 43.2 Å². The van der Waals surface area contributed by atoms with E-state index < -0.39 is 0 Å². The van der Waals surface area contributed by atoms with Crippen molar-refractivity contribution in [3.8, 4) is 27.9 Å². The summed E-state index contributed by atoms with van der Waals surface area (Å²) < 4.78 is 1.86. The summed E-state index contributed by atoms with van der Waals surface area (Å²) in [6.07, 6.45) is 0. The first-order valence-corrected chi connectivity index (χ1v) is 13.9. The van der Waals surface area contributed by atoms with E-state index in [0.29, 0.717) is 5.39 Å². The predicted molar refractivity (Wildman–Crippen MR) is 173 cm³/mol. The second-order valence-electron chi connectivity index (χ2n) is 10.4. The lowest BCUT2D eigenvalue weighted by Crippen LogP contribution is -2.19. The van der Waals surface area contributed by atoms with Crippen molar-refractivity contribution in [2.24, 2.45) is 0 Å². The second kappa shape index (κ2) is 9.32. The number of hydrogen-bond donors (Lipinski definition) is 0. The Morgan fingerprint density at radius 2 is 0.878 bits per heavy atom. The van der Waals surface area contributed by atoms with Gasteiger partial charge < -0.3 is 0 Å². The van der Waals surface area contributed by atoms with Gasteiger partial charge in [-0.05, 0) is 73.5 Å². The predicted octanol–water partition coefficient (Wildman–Crippen LogP) is 9.78. The van der Waals surface area contributed by atoms with Crippen LogP contribution < -0.4 is 5.56 Å². The summed E-state index contributed by atoms with van der Waals surface area (Å²) in [5.41, 5.74) is 6.50. The highest BCUT2D eigenvalue weighted by Crippen LogP contribution is 2.46. The van der Waals surface area contributed by atoms with Gasteiger partial charge in [-0.2, -0.15) is 0 Å². The van der Waals surface area contributed by atoms with Crippen LogP contribution in [-0.4, -0.2) is 4.57 Å². The lowest BCUT2D eigenvalue weighted by molar-refractivity contribution is 1.06. The van der Waals surface area contributed by atoms with Gasteiger partial charge in [-0.1, -0.05) is 127 Å². The summed E-state index contributed by atoms with van der Waals surface area (Å²) in [4.78, 5) is 14.0. The molecule has 2 nitrogen and oxygen atoms in total. The van der Waals surface area contributed by atoms with Crippen molar-refractivity contribution in [3.05, 3.63) is 162 Å². The Morgan fingerprint density at radius 3 is 1.49 bits per heavy atom. The number of benzene rings is 7. The maximum Gasteiger partial charge on any atom is 0.263 e. The molecule has 0 bridgehead atoms. The van der Waals surface area contributed by atoms with Crippen LogP contribution in [0.1, 0.15) is 0 Å². The Balaban J connectivity index is 1.60. The first-order valence-electron chi connectivity index (χ1n) is 13.9. The van der Waals surface area contributed by atoms with Crippen LogP contribution in [0, 0.1) is 0 Å². The molecule has 8 rings (SSSR count). The molecule has 7 aromatic carbocycles. The van der Waals surface area contributed by atoms with E-state index >= 15 is 0 Å². The maximum atomic E-state index is 14.0. The van der Waals surface area contributed by atoms with Gasteiger partial charge in [0.1, 0.15) is 0 Å². The summed E-state index contributed by atoms with van der Waals surface area (Å²) in [5.74, 6) is 0. The molecule has 192 valence electrons. The Kier molecular flexibility index (Phi) is 5.33. The standard InChI is InChI=1S/C39H25NO/c41-39-33-23-12-11-22-32(33)38-34(24-13-25-35(38)40(39)27-16-5-2-6-17-27)37-30-20-9-7-18-28(30)36(26-14-3-1-4-15-26)29-19-8-10-21-31(29)37/h1-25H. The molecule has 0 saturated heterocycles. The van der Waals surface area contributed by atoms with Gasteiger partial charge in [-0.15, -0.1) is 0 Å². The fourth-order valence-electron chi connectivity index (χ4n) is 6.50. The van der Waals surface area contributed by atoms with Crippen LogP contribution in [0.4, 0.5) is 0 Å². The van der Waals surface area contributed by atoms with Gasteiger partial charge in [-0.3, -0.25) is 9.36 Å². The van der Waals surface area contributed by atoms with E-state index in [1.165, 1.54) is 38.2 Å². The van der Waals surface area contributed by atoms with Gasteiger partial charge in [-0.25, -0.2) is 0 Å². The molecule has 0 aliphatic heterocycles. The molecule has 0 fully saturated rings. The van der Waals surface area contributed by atoms with Crippen molar-refractivity contribution in [1.82, 2.24) is 4.57 Å². The number of hydrogen-bond acceptors (Lipinski definition) is 1. The van der Waals surface area contributed by atoms with E-state index in [1.807, 2.05) is 53.1 Å². The molecule has 0 N–H and O–H groups in total. The molecule has 1 aromatic heterocycles. The number of rotatable bonds is 3. The third kappa shape index (κ3) is 3.54. The number of fused-ring (bicyclic) bond motifs is 5. The van der Waals surface area contributed by atoms with E-state index in [4.69, 9.17) is 0 Å². The zero-order valence-corrected chi connectivity index (χ0v) is 22.3. The SMILES string of the molecule is O=c1c2ccccc2c2c(-c3c4ccccc4c(-c4ccccc4)c4ccccc34)cccc2n1-c1ccccc1. The normalized spacial score (nSPS) is 11.5. The maximum absolute atomic E-state index is 14.0. The molecule has 0 aliphatic carbocycles. The highest BCUT2D eigenvalue weighted by Gasteiger charge is 2.20. The lowest BCUT2D eigenvalue weighted by atomic mass is 9.84. The Labute approximate surface area is 237 Å². The summed E-state index contributed by atoms with van der Waals surface area (Å²) in [5, 5.41) is 7.57. The number of aromatic nitrogens is 1. The smallest absolute Gasteiger partial charge is 0.263 e. The largest absolute Gasteiger partial charge is 0.276 e. The van der Waals surface area contributed by atoms with Gasteiger partial charge >= 0.3 is 0 Å². The highest BCUT2D eigenvalue weighted by molar-refractivity contribution is 6.25. The fourth-order valence-corrected chi connectivity index (χ4v) is 6.50. The average molecular weight is 524 g/mol. The number of para-hydroxylation sites is 1. The average Bonchev–Trinajstić information content (AvgIpc) is 3.04. The molecule has 0 atom stereocenters. The van der Waals surface area contributed by atoms with E-state index in [-0.39, 0.29) is 5.56 Å². The van der Waals surface area contributed by atoms with Gasteiger partial charge in [0.15, 0.2) is 0 Å². The van der Waals surface area contributed by atoms with Crippen LogP contribution in [0.25, 0.3) is 71.2 Å². The van der Waals surface area contributed by atoms with E-state index in [0.717, 1.165) is 27.5 Å². The summed E-state index contributed by atoms with van der Waals surface area (Å²) in [6.45, 7) is 0. The minimum atomic E-state index is -0.00871. The van der Waals surface area contributed by atoms with Gasteiger partial charge in [0.25, 0.3) is 5.56 Å². The van der Waals surface area contributed by atoms with Crippen LogP contribution in [0.3, 0.4) is 0 Å². The van der Waals surface area contributed by atoms with Crippen LogP contribution in [0.2, 0.25) is 0 Å². The molecule has 41 heavy (non-hydrogen) atoms. The van der Waals surface area contributed by atoms with E-state index in [2.05, 4.69) is 103 Å². The number of pyridine rings is 1. The molecular weight excluding hydrogens is 498 g/mol. The molecule has 2 heteroatoms. The molecule has 0 amide bonds. The van der Waals surface area contributed by atoms with Crippen molar-refractivity contribution in [1.29, 1.82) is 0 Å². The highest BCUT2D eigenvalue weighted by atomic mass is 16.1. The van der Waals surface area contributed by atoms with Crippen molar-refractivity contribution in [3.63, 3.8) is 0 Å². The van der Waals surface area contributed by atoms with E-state index in [9.17, 15) is 4.79 Å². The van der Waals surface area contributed by atoms with Crippen LogP contribution in [-0.2, 0) is 0 Å². The minimum Gasteiger partial charge on any atom is -0.276 e. The topological polar surface area (TPSA) is 22.0 Å². The third-order valence-corrected chi connectivity index (χ3v) is 8.19. The van der Waals surface area contributed by atoms with Crippen molar-refractivity contribution in [2.75, 3.05) is 0 Å². The quantitative estimate of drug-likeness (QED) is 0.167. The Bertz CT molecular complexity index is 2260. The van der Waals surface area contributed by atoms with Crippen LogP contribution in [0.5, 0.6) is 0 Å². The third-order valence-electron chi connectivity index (χ3n) is 8.19. The van der Waals surface area contributed by atoms with E-state index in [1.54, 1.807) is 0 Å². The summed E-state index contributed by atoms with van der Waals surface area (Å²) in [6, 6.07) is 52.4. The first kappa shape index (κ1) is 23.4. The molecule has 8 aromatic rings. The zero-order chi connectivity index (χ0) is 27.3. The molecule has 0 saturated carbocycles. The monoisotopic (exact) mass is 523 g/mol. The van der Waals surface area contributed by atoms with Crippen LogP contribution >= 0.6 is 0 Å². The Hall–Kier alpha value is -5.47. The number of nitrogens with zero attached hydrogens (tertiary/aromatic N) is 1. The van der Waals surface area contributed by atoms with Crippen molar-refractivity contribution in [2.45, 2.75) is 0 Å². The van der Waals surface area contributed by atoms with Gasteiger partial charge in [0.2, 0.25) is 0 Å². The molecule has 0 spiro atoms. The fraction of sp³-hybridized carbons (Fsp3) is 0. The molecule has 0 radical (unpaired) electrons. The van der Waals surface area contributed by atoms with Gasteiger partial charge in [0, 0.05) is 16.5 Å². The van der Waals surface area contributed by atoms with Crippen LogP contribution in [0.15, 0.2) is 156 Å². The summed E-state index contributed by atoms with van der Waals surface area (Å²) in [7, 11) is 0. The molecule has 0 unspecified atom stereocenters. The lowest BCUT2D eigenvalue weighted by Gasteiger charge is -2.20. The molecular formula is C39H25NO. The first-order chi connectivity index (χ1) is 20.3. The minimum absolute atomic E-state index is 0.00871. The van der Waals surface area contributed by atoms with Gasteiger partial charge in [0.05, 0.1) is 5.52 Å². The zero-order valence-electron chi connectivity index (χ0n) is 22.3.